The Morgan fingerprint density at radius 2 is 1.73 bits per heavy atom. The van der Waals surface area contributed by atoms with Crippen molar-refractivity contribution in [3.8, 4) is 0 Å². The minimum absolute atomic E-state index is 0.0775. The standard InChI is InChI=1S/C20H22ClFN2O2/c1-13(2)18(23-19(25)16-6-4-5-7-17(16)22)20(26)24(3)12-14-8-10-15(21)11-9-14/h4-11,13,18H,12H2,1-3H3,(H,23,25). The average Bonchev–Trinajstić information content (AvgIpc) is 2.61. The molecule has 2 aromatic rings. The van der Waals surface area contributed by atoms with Gasteiger partial charge in [0.15, 0.2) is 0 Å². The molecule has 0 radical (unpaired) electrons. The van der Waals surface area contributed by atoms with E-state index in [1.165, 1.54) is 23.1 Å². The number of hydrogen-bond donors (Lipinski definition) is 1. The zero-order chi connectivity index (χ0) is 19.3. The maximum absolute atomic E-state index is 13.8. The summed E-state index contributed by atoms with van der Waals surface area (Å²) in [5, 5.41) is 3.28. The van der Waals surface area contributed by atoms with Crippen molar-refractivity contribution in [2.45, 2.75) is 26.4 Å². The number of benzene rings is 2. The van der Waals surface area contributed by atoms with Crippen molar-refractivity contribution in [3.63, 3.8) is 0 Å². The van der Waals surface area contributed by atoms with Crippen LogP contribution in [0.5, 0.6) is 0 Å². The second-order valence-corrected chi connectivity index (χ2v) is 6.93. The van der Waals surface area contributed by atoms with Gasteiger partial charge in [-0.05, 0) is 35.7 Å². The minimum atomic E-state index is -0.751. The lowest BCUT2D eigenvalue weighted by molar-refractivity contribution is -0.133. The number of nitrogens with one attached hydrogen (secondary N) is 1. The van der Waals surface area contributed by atoms with Crippen LogP contribution in [0.15, 0.2) is 48.5 Å². The van der Waals surface area contributed by atoms with Gasteiger partial charge >= 0.3 is 0 Å². The van der Waals surface area contributed by atoms with Gasteiger partial charge in [-0.3, -0.25) is 9.59 Å². The second kappa shape index (κ2) is 8.81. The molecule has 0 aliphatic carbocycles. The van der Waals surface area contributed by atoms with Crippen LogP contribution >= 0.6 is 11.6 Å². The fourth-order valence-electron chi connectivity index (χ4n) is 2.56. The van der Waals surface area contributed by atoms with E-state index >= 15 is 0 Å². The molecular weight excluding hydrogens is 355 g/mol. The van der Waals surface area contributed by atoms with Gasteiger partial charge < -0.3 is 10.2 Å². The summed E-state index contributed by atoms with van der Waals surface area (Å²) in [6.45, 7) is 4.05. The Morgan fingerprint density at radius 1 is 1.12 bits per heavy atom. The molecule has 0 aliphatic heterocycles. The van der Waals surface area contributed by atoms with Crippen molar-refractivity contribution in [3.05, 3.63) is 70.5 Å². The molecule has 2 amide bonds. The zero-order valence-corrected chi connectivity index (χ0v) is 15.8. The summed E-state index contributed by atoms with van der Waals surface area (Å²) < 4.78 is 13.8. The van der Waals surface area contributed by atoms with Crippen LogP contribution in [0.2, 0.25) is 5.02 Å². The summed E-state index contributed by atoms with van der Waals surface area (Å²) >= 11 is 5.87. The van der Waals surface area contributed by atoms with Crippen LogP contribution < -0.4 is 5.32 Å². The Kier molecular flexibility index (Phi) is 6.75. The number of halogens is 2. The van der Waals surface area contributed by atoms with E-state index in [0.29, 0.717) is 11.6 Å². The fraction of sp³-hybridized carbons (Fsp3) is 0.300. The van der Waals surface area contributed by atoms with E-state index in [-0.39, 0.29) is 17.4 Å². The van der Waals surface area contributed by atoms with Crippen molar-refractivity contribution in [1.82, 2.24) is 10.2 Å². The Labute approximate surface area is 158 Å². The summed E-state index contributed by atoms with van der Waals surface area (Å²) in [5.74, 6) is -1.60. The third-order valence-electron chi connectivity index (χ3n) is 4.05. The van der Waals surface area contributed by atoms with Gasteiger partial charge in [-0.25, -0.2) is 4.39 Å². The largest absolute Gasteiger partial charge is 0.340 e. The molecular formula is C20H22ClFN2O2. The molecule has 0 aromatic heterocycles. The third-order valence-corrected chi connectivity index (χ3v) is 4.30. The summed E-state index contributed by atoms with van der Waals surface area (Å²) in [7, 11) is 1.67. The van der Waals surface area contributed by atoms with E-state index < -0.39 is 17.8 Å². The Balaban J connectivity index is 2.10. The highest BCUT2D eigenvalue weighted by atomic mass is 35.5. The normalized spacial score (nSPS) is 11.9. The molecule has 0 saturated carbocycles. The number of rotatable bonds is 6. The molecule has 4 nitrogen and oxygen atoms in total. The van der Waals surface area contributed by atoms with Crippen LogP contribution in [0.3, 0.4) is 0 Å². The quantitative estimate of drug-likeness (QED) is 0.831. The molecule has 2 rings (SSSR count). The van der Waals surface area contributed by atoms with E-state index in [1.807, 2.05) is 26.0 Å². The number of carbonyl (C=O) groups is 2. The van der Waals surface area contributed by atoms with Gasteiger partial charge in [-0.15, -0.1) is 0 Å². The van der Waals surface area contributed by atoms with Gasteiger partial charge in [0.2, 0.25) is 5.91 Å². The topological polar surface area (TPSA) is 49.4 Å². The average molecular weight is 377 g/mol. The lowest BCUT2D eigenvalue weighted by atomic mass is 10.0. The summed E-state index contributed by atoms with van der Waals surface area (Å²) in [4.78, 5) is 26.7. The van der Waals surface area contributed by atoms with Gasteiger partial charge in [0, 0.05) is 18.6 Å². The SMILES string of the molecule is CC(C)C(NC(=O)c1ccccc1F)C(=O)N(C)Cc1ccc(Cl)cc1. The summed E-state index contributed by atoms with van der Waals surface area (Å²) in [6, 6.07) is 12.2. The van der Waals surface area contributed by atoms with Crippen LogP contribution in [-0.4, -0.2) is 29.8 Å². The molecule has 1 unspecified atom stereocenters. The molecule has 6 heteroatoms. The number of likely N-dealkylation sites (N-methyl/N-ethyl adjacent to an activating group) is 1. The van der Waals surface area contributed by atoms with Gasteiger partial charge in [0.05, 0.1) is 5.56 Å². The van der Waals surface area contributed by atoms with Crippen molar-refractivity contribution in [1.29, 1.82) is 0 Å². The maximum Gasteiger partial charge on any atom is 0.254 e. The Hall–Kier alpha value is -2.40. The number of carbonyl (C=O) groups excluding carboxylic acids is 2. The fourth-order valence-corrected chi connectivity index (χ4v) is 2.68. The monoisotopic (exact) mass is 376 g/mol. The van der Waals surface area contributed by atoms with E-state index in [0.717, 1.165) is 5.56 Å². The third kappa shape index (κ3) is 5.05. The molecule has 138 valence electrons. The molecule has 0 fully saturated rings. The first kappa shape index (κ1) is 19.9. The highest BCUT2D eigenvalue weighted by Crippen LogP contribution is 2.14. The van der Waals surface area contributed by atoms with E-state index in [1.54, 1.807) is 25.2 Å². The van der Waals surface area contributed by atoms with E-state index in [4.69, 9.17) is 11.6 Å². The summed E-state index contributed by atoms with van der Waals surface area (Å²) in [5.41, 5.74) is 0.847. The Bertz CT molecular complexity index is 778. The number of nitrogens with zero attached hydrogens (tertiary/aromatic N) is 1. The highest BCUT2D eigenvalue weighted by molar-refractivity contribution is 6.30. The predicted octanol–water partition coefficient (Wildman–Crippen LogP) is 3.89. The molecule has 0 saturated heterocycles. The molecule has 0 heterocycles. The van der Waals surface area contributed by atoms with Crippen LogP contribution in [0.1, 0.15) is 29.8 Å². The lowest BCUT2D eigenvalue weighted by Crippen LogP contribution is -2.50. The molecule has 0 aliphatic rings. The van der Waals surface area contributed by atoms with Crippen LogP contribution in [-0.2, 0) is 11.3 Å². The molecule has 1 N–H and O–H groups in total. The van der Waals surface area contributed by atoms with Crippen LogP contribution in [0.4, 0.5) is 4.39 Å². The van der Waals surface area contributed by atoms with Crippen molar-refractivity contribution in [2.75, 3.05) is 7.05 Å². The smallest absolute Gasteiger partial charge is 0.254 e. The second-order valence-electron chi connectivity index (χ2n) is 6.50. The molecule has 2 aromatic carbocycles. The minimum Gasteiger partial charge on any atom is -0.340 e. The Morgan fingerprint density at radius 3 is 2.31 bits per heavy atom. The molecule has 1 atom stereocenters. The van der Waals surface area contributed by atoms with Gasteiger partial charge in [-0.1, -0.05) is 49.7 Å². The van der Waals surface area contributed by atoms with E-state index in [2.05, 4.69) is 5.32 Å². The zero-order valence-electron chi connectivity index (χ0n) is 15.0. The highest BCUT2D eigenvalue weighted by Gasteiger charge is 2.28. The molecule has 26 heavy (non-hydrogen) atoms. The van der Waals surface area contributed by atoms with E-state index in [9.17, 15) is 14.0 Å². The van der Waals surface area contributed by atoms with Crippen LogP contribution in [0, 0.1) is 11.7 Å². The first-order valence-corrected chi connectivity index (χ1v) is 8.72. The van der Waals surface area contributed by atoms with Crippen molar-refractivity contribution in [2.24, 2.45) is 5.92 Å². The van der Waals surface area contributed by atoms with Gasteiger partial charge in [0.1, 0.15) is 11.9 Å². The lowest BCUT2D eigenvalue weighted by Gasteiger charge is -2.27. The van der Waals surface area contributed by atoms with Crippen molar-refractivity contribution < 1.29 is 14.0 Å². The van der Waals surface area contributed by atoms with Crippen LogP contribution in [0.25, 0.3) is 0 Å². The summed E-state index contributed by atoms with van der Waals surface area (Å²) in [6.07, 6.45) is 0. The van der Waals surface area contributed by atoms with Gasteiger partial charge in [0.25, 0.3) is 5.91 Å². The predicted molar refractivity (Wildman–Crippen MR) is 100 cm³/mol. The molecule has 0 spiro atoms. The van der Waals surface area contributed by atoms with Gasteiger partial charge in [-0.2, -0.15) is 0 Å². The first-order valence-electron chi connectivity index (χ1n) is 8.34. The first-order chi connectivity index (χ1) is 12.3. The van der Waals surface area contributed by atoms with Crippen molar-refractivity contribution >= 4 is 23.4 Å². The number of hydrogen-bond acceptors (Lipinski definition) is 2. The maximum atomic E-state index is 13.8. The molecule has 0 bridgehead atoms. The number of amides is 2.